The SMILES string of the molecule is CO[Si](CCCSCC(C)(C=O)NCO)(OC)OC. The summed E-state index contributed by atoms with van der Waals surface area (Å²) in [4.78, 5) is 10.9. The molecule has 0 saturated heterocycles. The summed E-state index contributed by atoms with van der Waals surface area (Å²) in [6.45, 7) is 1.56. The molecule has 19 heavy (non-hydrogen) atoms. The molecule has 0 aliphatic rings. The second kappa shape index (κ2) is 9.86. The zero-order valence-electron chi connectivity index (χ0n) is 12.1. The van der Waals surface area contributed by atoms with Crippen molar-refractivity contribution in [2.45, 2.75) is 24.9 Å². The fourth-order valence-corrected chi connectivity index (χ4v) is 4.60. The molecule has 0 saturated carbocycles. The van der Waals surface area contributed by atoms with Crippen LogP contribution in [0.4, 0.5) is 0 Å². The molecule has 1 atom stereocenters. The molecule has 0 aromatic rings. The third-order valence-corrected chi connectivity index (χ3v) is 7.06. The van der Waals surface area contributed by atoms with Gasteiger partial charge in [0.15, 0.2) is 0 Å². The summed E-state index contributed by atoms with van der Waals surface area (Å²) < 4.78 is 16.0. The standard InChI is InChI=1S/C11H25NO5SSi/c1-11(8-13,12-10-14)9-18-6-5-7-19(15-2,16-3)17-4/h8,12,14H,5-7,9-10H2,1-4H3. The lowest BCUT2D eigenvalue weighted by molar-refractivity contribution is -0.112. The second-order valence-corrected chi connectivity index (χ2v) is 8.52. The van der Waals surface area contributed by atoms with Crippen LogP contribution in [0.25, 0.3) is 0 Å². The van der Waals surface area contributed by atoms with E-state index in [4.69, 9.17) is 18.4 Å². The Labute approximate surface area is 120 Å². The number of thioether (sulfide) groups is 1. The predicted octanol–water partition coefficient (Wildman–Crippen LogP) is 0.485. The number of aliphatic hydroxyl groups is 1. The van der Waals surface area contributed by atoms with Gasteiger partial charge in [0.2, 0.25) is 0 Å². The van der Waals surface area contributed by atoms with Gasteiger partial charge in [-0.25, -0.2) is 0 Å². The van der Waals surface area contributed by atoms with E-state index in [-0.39, 0.29) is 6.73 Å². The van der Waals surface area contributed by atoms with E-state index in [1.807, 2.05) is 0 Å². The van der Waals surface area contributed by atoms with Crippen molar-refractivity contribution >= 4 is 26.9 Å². The van der Waals surface area contributed by atoms with Crippen LogP contribution in [0.2, 0.25) is 6.04 Å². The molecule has 6 nitrogen and oxygen atoms in total. The lowest BCUT2D eigenvalue weighted by Crippen LogP contribution is -2.46. The van der Waals surface area contributed by atoms with Crippen LogP contribution in [0.3, 0.4) is 0 Å². The maximum Gasteiger partial charge on any atom is 0.500 e. The highest BCUT2D eigenvalue weighted by Crippen LogP contribution is 2.19. The number of aliphatic hydroxyl groups excluding tert-OH is 1. The zero-order valence-corrected chi connectivity index (χ0v) is 13.9. The van der Waals surface area contributed by atoms with Gasteiger partial charge in [0.25, 0.3) is 0 Å². The maximum absolute atomic E-state index is 10.9. The van der Waals surface area contributed by atoms with E-state index in [9.17, 15) is 4.79 Å². The Morgan fingerprint density at radius 3 is 2.32 bits per heavy atom. The Kier molecular flexibility index (Phi) is 9.88. The van der Waals surface area contributed by atoms with Crippen molar-refractivity contribution < 1.29 is 23.2 Å². The van der Waals surface area contributed by atoms with Crippen molar-refractivity contribution in [2.24, 2.45) is 0 Å². The van der Waals surface area contributed by atoms with Crippen LogP contribution in [0.5, 0.6) is 0 Å². The zero-order chi connectivity index (χ0) is 14.8. The summed E-state index contributed by atoms with van der Waals surface area (Å²) in [6.07, 6.45) is 1.72. The average Bonchev–Trinajstić information content (AvgIpc) is 2.44. The summed E-state index contributed by atoms with van der Waals surface area (Å²) in [5, 5.41) is 11.6. The Morgan fingerprint density at radius 1 is 1.32 bits per heavy atom. The predicted molar refractivity (Wildman–Crippen MR) is 78.2 cm³/mol. The van der Waals surface area contributed by atoms with Gasteiger partial charge in [-0.2, -0.15) is 11.8 Å². The van der Waals surface area contributed by atoms with Crippen LogP contribution in [-0.4, -0.2) is 65.3 Å². The van der Waals surface area contributed by atoms with Crippen LogP contribution >= 0.6 is 11.8 Å². The minimum absolute atomic E-state index is 0.206. The number of hydrogen-bond donors (Lipinski definition) is 2. The van der Waals surface area contributed by atoms with E-state index in [1.54, 1.807) is 40.0 Å². The normalized spacial score (nSPS) is 15.2. The van der Waals surface area contributed by atoms with Gasteiger partial charge in [-0.1, -0.05) is 0 Å². The van der Waals surface area contributed by atoms with E-state index in [1.165, 1.54) is 0 Å². The van der Waals surface area contributed by atoms with Crippen LogP contribution in [-0.2, 0) is 18.1 Å². The van der Waals surface area contributed by atoms with Crippen molar-refractivity contribution in [3.63, 3.8) is 0 Å². The monoisotopic (exact) mass is 311 g/mol. The molecule has 0 aliphatic heterocycles. The fourth-order valence-electron chi connectivity index (χ4n) is 1.54. The Balaban J connectivity index is 3.95. The third-order valence-electron chi connectivity index (χ3n) is 2.85. The summed E-state index contributed by atoms with van der Waals surface area (Å²) in [6, 6.07) is 0.745. The van der Waals surface area contributed by atoms with E-state index >= 15 is 0 Å². The van der Waals surface area contributed by atoms with Crippen LogP contribution in [0, 0.1) is 0 Å². The molecule has 0 aromatic carbocycles. The lowest BCUT2D eigenvalue weighted by atomic mass is 10.1. The Bertz CT molecular complexity index is 247. The Hall–Kier alpha value is 0.0369. The number of carbonyl (C=O) groups excluding carboxylic acids is 1. The smallest absolute Gasteiger partial charge is 0.381 e. The first kappa shape index (κ1) is 19.0. The van der Waals surface area contributed by atoms with Crippen LogP contribution in [0.1, 0.15) is 13.3 Å². The van der Waals surface area contributed by atoms with Crippen molar-refractivity contribution in [1.29, 1.82) is 0 Å². The molecule has 0 aromatic heterocycles. The molecule has 0 spiro atoms. The molecule has 114 valence electrons. The first-order valence-corrected chi connectivity index (χ1v) is 9.15. The number of hydrogen-bond acceptors (Lipinski definition) is 7. The van der Waals surface area contributed by atoms with Gasteiger partial charge in [0.1, 0.15) is 6.29 Å². The molecule has 0 radical (unpaired) electrons. The number of carbonyl (C=O) groups is 1. The summed E-state index contributed by atoms with van der Waals surface area (Å²) in [5.41, 5.74) is -0.683. The number of nitrogens with one attached hydrogen (secondary N) is 1. The number of aldehydes is 1. The van der Waals surface area contributed by atoms with E-state index < -0.39 is 14.3 Å². The Morgan fingerprint density at radius 2 is 1.89 bits per heavy atom. The highest BCUT2D eigenvalue weighted by atomic mass is 32.2. The summed E-state index contributed by atoms with van der Waals surface area (Å²) in [5.74, 6) is 1.49. The van der Waals surface area contributed by atoms with Crippen molar-refractivity contribution in [3.05, 3.63) is 0 Å². The van der Waals surface area contributed by atoms with Gasteiger partial charge in [0.05, 0.1) is 12.3 Å². The quantitative estimate of drug-likeness (QED) is 0.235. The van der Waals surface area contributed by atoms with Crippen molar-refractivity contribution in [1.82, 2.24) is 5.32 Å². The van der Waals surface area contributed by atoms with Crippen LogP contribution < -0.4 is 5.32 Å². The second-order valence-electron chi connectivity index (χ2n) is 4.32. The average molecular weight is 311 g/mol. The highest BCUT2D eigenvalue weighted by Gasteiger charge is 2.36. The van der Waals surface area contributed by atoms with E-state index in [0.29, 0.717) is 5.75 Å². The lowest BCUT2D eigenvalue weighted by Gasteiger charge is -2.25. The molecule has 0 amide bonds. The maximum atomic E-state index is 10.9. The van der Waals surface area contributed by atoms with Crippen molar-refractivity contribution in [3.8, 4) is 0 Å². The molecule has 0 heterocycles. The molecule has 8 heteroatoms. The van der Waals surface area contributed by atoms with Gasteiger partial charge in [-0.3, -0.25) is 5.32 Å². The van der Waals surface area contributed by atoms with Crippen LogP contribution in [0.15, 0.2) is 0 Å². The topological polar surface area (TPSA) is 77.0 Å². The minimum Gasteiger partial charge on any atom is -0.381 e. The summed E-state index contributed by atoms with van der Waals surface area (Å²) >= 11 is 1.65. The van der Waals surface area contributed by atoms with Gasteiger partial charge in [-0.15, -0.1) is 0 Å². The minimum atomic E-state index is -2.48. The summed E-state index contributed by atoms with van der Waals surface area (Å²) in [7, 11) is 2.32. The van der Waals surface area contributed by atoms with Gasteiger partial charge >= 0.3 is 8.80 Å². The molecule has 0 rings (SSSR count). The van der Waals surface area contributed by atoms with E-state index in [0.717, 1.165) is 24.5 Å². The fraction of sp³-hybridized carbons (Fsp3) is 0.909. The molecular weight excluding hydrogens is 286 g/mol. The van der Waals surface area contributed by atoms with Gasteiger partial charge < -0.3 is 23.2 Å². The number of rotatable bonds is 12. The first-order chi connectivity index (χ1) is 9.01. The largest absolute Gasteiger partial charge is 0.500 e. The van der Waals surface area contributed by atoms with Crippen molar-refractivity contribution in [2.75, 3.05) is 39.6 Å². The van der Waals surface area contributed by atoms with Gasteiger partial charge in [0, 0.05) is 33.1 Å². The molecule has 1 unspecified atom stereocenters. The molecule has 0 fully saturated rings. The highest BCUT2D eigenvalue weighted by molar-refractivity contribution is 7.99. The first-order valence-electron chi connectivity index (χ1n) is 6.07. The molecule has 0 aliphatic carbocycles. The third kappa shape index (κ3) is 6.84. The van der Waals surface area contributed by atoms with E-state index in [2.05, 4.69) is 5.32 Å². The molecule has 0 bridgehead atoms. The van der Waals surface area contributed by atoms with Gasteiger partial charge in [-0.05, 0) is 19.1 Å². The molecular formula is C11H25NO5SSi. The molecule has 2 N–H and O–H groups in total.